The van der Waals surface area contributed by atoms with Crippen molar-refractivity contribution in [3.8, 4) is 0 Å². The van der Waals surface area contributed by atoms with E-state index >= 15 is 0 Å². The van der Waals surface area contributed by atoms with Crippen LogP contribution < -0.4 is 0 Å². The number of carbonyl (C=O) groups excluding carboxylic acids is 3. The average Bonchev–Trinajstić information content (AvgIpc) is 3.19. The Labute approximate surface area is 344 Å². The molecule has 0 aliphatic rings. The van der Waals surface area contributed by atoms with E-state index in [1.165, 1.54) is 77.0 Å². The number of allylic oxidation sites excluding steroid dienone is 12. The van der Waals surface area contributed by atoms with E-state index < -0.39 is 6.10 Å². The fraction of sp³-hybridized carbons (Fsp3) is 0.700. The largest absolute Gasteiger partial charge is 0.462 e. The Hall–Kier alpha value is -3.15. The van der Waals surface area contributed by atoms with Crippen LogP contribution >= 0.6 is 0 Å². The van der Waals surface area contributed by atoms with Gasteiger partial charge in [0.2, 0.25) is 0 Å². The van der Waals surface area contributed by atoms with Crippen molar-refractivity contribution in [2.45, 2.75) is 213 Å². The third kappa shape index (κ3) is 42.0. The van der Waals surface area contributed by atoms with Crippen molar-refractivity contribution in [1.29, 1.82) is 0 Å². The Balaban J connectivity index is 4.47. The highest BCUT2D eigenvalue weighted by Crippen LogP contribution is 2.14. The summed E-state index contributed by atoms with van der Waals surface area (Å²) < 4.78 is 16.7. The summed E-state index contributed by atoms with van der Waals surface area (Å²) in [5.41, 5.74) is 0. The SMILES string of the molecule is CC\C=C/C=C\C=C/C=C\C=C/CCCCCC(=O)OCC(COC(=O)CCCCCC/C=C\CCCC)OC(=O)CCCCCCCCCCCCCCC. The van der Waals surface area contributed by atoms with Gasteiger partial charge in [0.1, 0.15) is 13.2 Å². The van der Waals surface area contributed by atoms with Gasteiger partial charge in [0, 0.05) is 19.3 Å². The highest BCUT2D eigenvalue weighted by molar-refractivity contribution is 5.71. The Morgan fingerprint density at radius 2 is 0.732 bits per heavy atom. The molecular weight excluding hydrogens is 697 g/mol. The molecule has 1 unspecified atom stereocenters. The summed E-state index contributed by atoms with van der Waals surface area (Å²) >= 11 is 0. The maximum Gasteiger partial charge on any atom is 0.306 e. The maximum absolute atomic E-state index is 12.7. The van der Waals surface area contributed by atoms with Crippen LogP contribution in [0, 0.1) is 0 Å². The summed E-state index contributed by atoms with van der Waals surface area (Å²) in [7, 11) is 0. The monoisotopic (exact) mass is 781 g/mol. The molecule has 0 amide bonds. The van der Waals surface area contributed by atoms with Gasteiger partial charge in [-0.2, -0.15) is 0 Å². The highest BCUT2D eigenvalue weighted by Gasteiger charge is 2.19. The molecule has 1 atom stereocenters. The van der Waals surface area contributed by atoms with Crippen LogP contribution in [0.5, 0.6) is 0 Å². The van der Waals surface area contributed by atoms with Crippen LogP contribution in [-0.2, 0) is 28.6 Å². The van der Waals surface area contributed by atoms with Crippen molar-refractivity contribution >= 4 is 17.9 Å². The number of hydrogen-bond acceptors (Lipinski definition) is 6. The molecule has 320 valence electrons. The molecule has 0 aliphatic heterocycles. The maximum atomic E-state index is 12.7. The summed E-state index contributed by atoms with van der Waals surface area (Å²) in [4.78, 5) is 37.7. The third-order valence-corrected chi connectivity index (χ3v) is 9.57. The first-order valence-corrected chi connectivity index (χ1v) is 23.0. The van der Waals surface area contributed by atoms with Gasteiger partial charge in [0.05, 0.1) is 0 Å². The first kappa shape index (κ1) is 52.9. The lowest BCUT2D eigenvalue weighted by Gasteiger charge is -2.18. The van der Waals surface area contributed by atoms with E-state index in [1.54, 1.807) is 0 Å². The summed E-state index contributed by atoms with van der Waals surface area (Å²) in [6.07, 6.45) is 54.5. The molecular formula is C50H84O6. The topological polar surface area (TPSA) is 78.9 Å². The van der Waals surface area contributed by atoms with Crippen molar-refractivity contribution in [2.75, 3.05) is 13.2 Å². The zero-order valence-electron chi connectivity index (χ0n) is 36.4. The minimum absolute atomic E-state index is 0.0947. The lowest BCUT2D eigenvalue weighted by atomic mass is 10.0. The Morgan fingerprint density at radius 3 is 1.21 bits per heavy atom. The van der Waals surface area contributed by atoms with Gasteiger partial charge in [-0.15, -0.1) is 0 Å². The molecule has 0 aromatic heterocycles. The predicted octanol–water partition coefficient (Wildman–Crippen LogP) is 14.7. The molecule has 0 aromatic rings. The van der Waals surface area contributed by atoms with Gasteiger partial charge in [-0.3, -0.25) is 14.4 Å². The molecule has 6 nitrogen and oxygen atoms in total. The standard InChI is InChI=1S/C50H84O6/c1-4-7-10-13-16-19-22-24-25-27-28-31-34-37-40-43-49(52)55-46-47(45-54-48(51)42-39-36-33-30-21-18-15-12-9-6-3)56-50(53)44-41-38-35-32-29-26-23-20-17-14-11-8-5-2/h7,10,13,15-16,18-19,22,24-25,27-28,47H,4-6,8-9,11-12,14,17,20-21,23,26,29-46H2,1-3H3/b10-7-,16-13-,18-15-,22-19-,25-24-,28-27-. The van der Waals surface area contributed by atoms with Gasteiger partial charge in [-0.1, -0.05) is 203 Å². The van der Waals surface area contributed by atoms with Crippen molar-refractivity contribution in [2.24, 2.45) is 0 Å². The van der Waals surface area contributed by atoms with Crippen molar-refractivity contribution in [1.82, 2.24) is 0 Å². The molecule has 0 aromatic carbocycles. The fourth-order valence-corrected chi connectivity index (χ4v) is 6.09. The summed E-state index contributed by atoms with van der Waals surface area (Å²) in [5.74, 6) is -0.954. The van der Waals surface area contributed by atoms with Gasteiger partial charge in [-0.05, 0) is 57.8 Å². The Morgan fingerprint density at radius 1 is 0.375 bits per heavy atom. The predicted molar refractivity (Wildman–Crippen MR) is 238 cm³/mol. The summed E-state index contributed by atoms with van der Waals surface area (Å²) in [5, 5.41) is 0. The van der Waals surface area contributed by atoms with Crippen LogP contribution in [0.25, 0.3) is 0 Å². The molecule has 0 N–H and O–H groups in total. The second-order valence-corrected chi connectivity index (χ2v) is 15.1. The minimum Gasteiger partial charge on any atom is -0.462 e. The van der Waals surface area contributed by atoms with E-state index in [9.17, 15) is 14.4 Å². The summed E-state index contributed by atoms with van der Waals surface area (Å²) in [6.45, 7) is 6.39. The molecule has 0 aliphatic carbocycles. The molecule has 0 fully saturated rings. The lowest BCUT2D eigenvalue weighted by Crippen LogP contribution is -2.30. The van der Waals surface area contributed by atoms with Crippen molar-refractivity contribution in [3.05, 3.63) is 72.9 Å². The number of ether oxygens (including phenoxy) is 3. The molecule has 0 bridgehead atoms. The second-order valence-electron chi connectivity index (χ2n) is 15.1. The zero-order valence-corrected chi connectivity index (χ0v) is 36.4. The van der Waals surface area contributed by atoms with Gasteiger partial charge in [0.25, 0.3) is 0 Å². The van der Waals surface area contributed by atoms with Crippen LogP contribution in [0.3, 0.4) is 0 Å². The van der Waals surface area contributed by atoms with E-state index in [0.29, 0.717) is 19.3 Å². The van der Waals surface area contributed by atoms with Crippen LogP contribution in [0.1, 0.15) is 207 Å². The number of carbonyl (C=O) groups is 3. The molecule has 56 heavy (non-hydrogen) atoms. The highest BCUT2D eigenvalue weighted by atomic mass is 16.6. The van der Waals surface area contributed by atoms with Crippen LogP contribution in [0.4, 0.5) is 0 Å². The van der Waals surface area contributed by atoms with Crippen molar-refractivity contribution in [3.63, 3.8) is 0 Å². The number of esters is 3. The lowest BCUT2D eigenvalue weighted by molar-refractivity contribution is -0.167. The number of unbranched alkanes of at least 4 members (excludes halogenated alkanes) is 21. The molecule has 0 rings (SSSR count). The molecule has 0 saturated heterocycles. The van der Waals surface area contributed by atoms with Crippen LogP contribution in [0.15, 0.2) is 72.9 Å². The number of hydrogen-bond donors (Lipinski definition) is 0. The molecule has 0 spiro atoms. The van der Waals surface area contributed by atoms with Crippen LogP contribution in [0.2, 0.25) is 0 Å². The molecule has 6 heteroatoms. The molecule has 0 heterocycles. The van der Waals surface area contributed by atoms with E-state index in [1.807, 2.05) is 48.6 Å². The first-order valence-electron chi connectivity index (χ1n) is 23.0. The van der Waals surface area contributed by atoms with Gasteiger partial charge < -0.3 is 14.2 Å². The average molecular weight is 781 g/mol. The minimum atomic E-state index is -0.793. The quantitative estimate of drug-likeness (QED) is 0.0203. The summed E-state index contributed by atoms with van der Waals surface area (Å²) in [6, 6.07) is 0. The normalized spacial score (nSPS) is 12.7. The van der Waals surface area contributed by atoms with Gasteiger partial charge in [-0.25, -0.2) is 0 Å². The second kappa shape index (κ2) is 44.6. The van der Waals surface area contributed by atoms with Gasteiger partial charge in [0.15, 0.2) is 6.10 Å². The molecule has 0 radical (unpaired) electrons. The van der Waals surface area contributed by atoms with E-state index in [2.05, 4.69) is 45.1 Å². The fourth-order valence-electron chi connectivity index (χ4n) is 6.09. The number of rotatable bonds is 40. The third-order valence-electron chi connectivity index (χ3n) is 9.57. The van der Waals surface area contributed by atoms with E-state index in [0.717, 1.165) is 89.9 Å². The van der Waals surface area contributed by atoms with E-state index in [4.69, 9.17) is 14.2 Å². The van der Waals surface area contributed by atoms with Gasteiger partial charge >= 0.3 is 17.9 Å². The Kier molecular flexibility index (Phi) is 42.1. The zero-order chi connectivity index (χ0) is 40.8. The first-order chi connectivity index (χ1) is 27.5. The van der Waals surface area contributed by atoms with Crippen molar-refractivity contribution < 1.29 is 28.6 Å². The Bertz CT molecular complexity index is 1080. The van der Waals surface area contributed by atoms with Crippen LogP contribution in [-0.4, -0.2) is 37.2 Å². The smallest absolute Gasteiger partial charge is 0.306 e. The van der Waals surface area contributed by atoms with E-state index in [-0.39, 0.29) is 31.1 Å². The molecule has 0 saturated carbocycles.